The molecule has 0 aliphatic heterocycles. The minimum absolute atomic E-state index is 0.0133. The number of hydrogen-bond acceptors (Lipinski definition) is 4. The van der Waals surface area contributed by atoms with Gasteiger partial charge in [-0.2, -0.15) is 0 Å². The molecule has 26 heavy (non-hydrogen) atoms. The fourth-order valence-corrected chi connectivity index (χ4v) is 3.33. The van der Waals surface area contributed by atoms with Crippen molar-refractivity contribution in [1.82, 2.24) is 14.5 Å². The lowest BCUT2D eigenvalue weighted by atomic mass is 10.1. The highest BCUT2D eigenvalue weighted by Gasteiger charge is 2.41. The number of amides is 1. The highest BCUT2D eigenvalue weighted by atomic mass is 16.1. The number of nitrogen functional groups attached to an aromatic ring is 1. The second kappa shape index (κ2) is 6.12. The second-order valence-electron chi connectivity index (χ2n) is 7.27. The van der Waals surface area contributed by atoms with Crippen molar-refractivity contribution in [3.8, 4) is 0 Å². The molecule has 0 bridgehead atoms. The molecule has 3 aromatic rings. The molecule has 1 fully saturated rings. The lowest BCUT2D eigenvalue weighted by Gasteiger charge is -2.11. The maximum Gasteiger partial charge on any atom is 0.258 e. The Bertz CT molecular complexity index is 970. The Balaban J connectivity index is 1.68. The number of carbonyl (C=O) groups excluding carboxylic acids is 1. The number of anilines is 2. The van der Waals surface area contributed by atoms with E-state index in [9.17, 15) is 4.79 Å². The van der Waals surface area contributed by atoms with Crippen LogP contribution in [0.5, 0.6) is 0 Å². The topological polar surface area (TPSA) is 85.8 Å². The average Bonchev–Trinajstić information content (AvgIpc) is 3.23. The van der Waals surface area contributed by atoms with E-state index in [1.54, 1.807) is 0 Å². The smallest absolute Gasteiger partial charge is 0.258 e. The van der Waals surface area contributed by atoms with E-state index in [1.165, 1.54) is 11.9 Å². The van der Waals surface area contributed by atoms with E-state index in [1.807, 2.05) is 30.5 Å². The van der Waals surface area contributed by atoms with Gasteiger partial charge in [0.1, 0.15) is 17.8 Å². The van der Waals surface area contributed by atoms with Crippen molar-refractivity contribution in [2.45, 2.75) is 45.1 Å². The van der Waals surface area contributed by atoms with E-state index < -0.39 is 0 Å². The predicted molar refractivity (Wildman–Crippen MR) is 103 cm³/mol. The van der Waals surface area contributed by atoms with Gasteiger partial charge in [0.2, 0.25) is 0 Å². The Labute approximate surface area is 152 Å². The lowest BCUT2D eigenvalue weighted by Crippen LogP contribution is -2.13. The quantitative estimate of drug-likeness (QED) is 0.735. The zero-order valence-corrected chi connectivity index (χ0v) is 15.1. The number of hydrogen-bond donors (Lipinski definition) is 2. The standard InChI is InChI=1S/C20H23N5O/c1-3-4-13-5-7-14(8-6-13)24-19(26)15-11-25(20(2)9-10-20)18-16(15)17(21)22-12-23-18/h5-8,11-12H,3-4,9-10H2,1-2H3,(H,24,26)(H2,21,22,23). The van der Waals surface area contributed by atoms with Crippen molar-refractivity contribution >= 4 is 28.4 Å². The highest BCUT2D eigenvalue weighted by molar-refractivity contribution is 6.14. The first-order valence-electron chi connectivity index (χ1n) is 9.04. The molecular weight excluding hydrogens is 326 g/mol. The van der Waals surface area contributed by atoms with Crippen molar-refractivity contribution < 1.29 is 4.79 Å². The fraction of sp³-hybridized carbons (Fsp3) is 0.350. The Hall–Kier alpha value is -2.89. The number of nitrogens with two attached hydrogens (primary N) is 1. The molecule has 0 spiro atoms. The number of nitrogens with one attached hydrogen (secondary N) is 1. The van der Waals surface area contributed by atoms with Crippen molar-refractivity contribution in [2.75, 3.05) is 11.1 Å². The summed E-state index contributed by atoms with van der Waals surface area (Å²) in [4.78, 5) is 21.4. The molecule has 0 atom stereocenters. The minimum atomic E-state index is -0.192. The first-order chi connectivity index (χ1) is 12.5. The van der Waals surface area contributed by atoms with Gasteiger partial charge in [0.25, 0.3) is 5.91 Å². The summed E-state index contributed by atoms with van der Waals surface area (Å²) in [6.07, 6.45) is 7.59. The number of fused-ring (bicyclic) bond motifs is 1. The third-order valence-corrected chi connectivity index (χ3v) is 5.16. The van der Waals surface area contributed by atoms with Crippen LogP contribution in [0.2, 0.25) is 0 Å². The SMILES string of the molecule is CCCc1ccc(NC(=O)c2cn(C3(C)CC3)c3ncnc(N)c23)cc1. The summed E-state index contributed by atoms with van der Waals surface area (Å²) in [5, 5.41) is 3.59. The fourth-order valence-electron chi connectivity index (χ4n) is 3.33. The number of nitrogens with zero attached hydrogens (tertiary/aromatic N) is 3. The van der Waals surface area contributed by atoms with Crippen molar-refractivity contribution in [3.05, 3.63) is 47.9 Å². The van der Waals surface area contributed by atoms with Crippen LogP contribution in [-0.4, -0.2) is 20.4 Å². The highest BCUT2D eigenvalue weighted by Crippen LogP contribution is 2.45. The van der Waals surface area contributed by atoms with Gasteiger partial charge in [0.05, 0.1) is 10.9 Å². The van der Waals surface area contributed by atoms with E-state index in [-0.39, 0.29) is 11.4 Å². The first-order valence-corrected chi connectivity index (χ1v) is 9.04. The Morgan fingerprint density at radius 1 is 1.27 bits per heavy atom. The molecular formula is C20H23N5O. The summed E-state index contributed by atoms with van der Waals surface area (Å²) in [6.45, 7) is 4.32. The summed E-state index contributed by atoms with van der Waals surface area (Å²) in [5.41, 5.74) is 9.36. The Morgan fingerprint density at radius 3 is 2.65 bits per heavy atom. The van der Waals surface area contributed by atoms with Crippen LogP contribution in [0.25, 0.3) is 11.0 Å². The van der Waals surface area contributed by atoms with Gasteiger partial charge in [-0.1, -0.05) is 25.5 Å². The molecule has 2 aromatic heterocycles. The normalized spacial score (nSPS) is 15.2. The maximum absolute atomic E-state index is 12.9. The third-order valence-electron chi connectivity index (χ3n) is 5.16. The molecule has 134 valence electrons. The third kappa shape index (κ3) is 2.81. The molecule has 0 saturated heterocycles. The second-order valence-corrected chi connectivity index (χ2v) is 7.27. The summed E-state index contributed by atoms with van der Waals surface area (Å²) in [6, 6.07) is 7.96. The van der Waals surface area contributed by atoms with Gasteiger partial charge in [-0.25, -0.2) is 9.97 Å². The molecule has 6 nitrogen and oxygen atoms in total. The predicted octanol–water partition coefficient (Wildman–Crippen LogP) is 3.73. The van der Waals surface area contributed by atoms with Gasteiger partial charge in [-0.05, 0) is 43.9 Å². The van der Waals surface area contributed by atoms with Crippen LogP contribution in [0.3, 0.4) is 0 Å². The molecule has 6 heteroatoms. The van der Waals surface area contributed by atoms with Gasteiger partial charge in [0.15, 0.2) is 0 Å². The van der Waals surface area contributed by atoms with Gasteiger partial charge in [-0.3, -0.25) is 4.79 Å². The molecule has 2 heterocycles. The molecule has 4 rings (SSSR count). The molecule has 1 aliphatic rings. The van der Waals surface area contributed by atoms with Crippen molar-refractivity contribution in [3.63, 3.8) is 0 Å². The molecule has 1 saturated carbocycles. The van der Waals surface area contributed by atoms with Gasteiger partial charge in [-0.15, -0.1) is 0 Å². The zero-order valence-electron chi connectivity index (χ0n) is 15.1. The van der Waals surface area contributed by atoms with Crippen LogP contribution in [0.1, 0.15) is 49.0 Å². The van der Waals surface area contributed by atoms with E-state index in [0.717, 1.165) is 37.0 Å². The number of rotatable bonds is 5. The molecule has 1 aromatic carbocycles. The van der Waals surface area contributed by atoms with Crippen LogP contribution in [0.15, 0.2) is 36.8 Å². The van der Waals surface area contributed by atoms with E-state index in [2.05, 4.69) is 33.7 Å². The summed E-state index contributed by atoms with van der Waals surface area (Å²) < 4.78 is 2.07. The van der Waals surface area contributed by atoms with Crippen LogP contribution in [0.4, 0.5) is 11.5 Å². The molecule has 0 unspecified atom stereocenters. The number of aromatic nitrogens is 3. The van der Waals surface area contributed by atoms with Crippen LogP contribution >= 0.6 is 0 Å². The first kappa shape index (κ1) is 16.6. The van der Waals surface area contributed by atoms with Crippen LogP contribution < -0.4 is 11.1 Å². The van der Waals surface area contributed by atoms with E-state index >= 15 is 0 Å². The number of aryl methyl sites for hydroxylation is 1. The molecule has 0 radical (unpaired) electrons. The summed E-state index contributed by atoms with van der Waals surface area (Å²) >= 11 is 0. The maximum atomic E-state index is 12.9. The zero-order chi connectivity index (χ0) is 18.3. The largest absolute Gasteiger partial charge is 0.383 e. The molecule has 3 N–H and O–H groups in total. The Morgan fingerprint density at radius 2 is 2.00 bits per heavy atom. The lowest BCUT2D eigenvalue weighted by molar-refractivity contribution is 0.102. The summed E-state index contributed by atoms with van der Waals surface area (Å²) in [7, 11) is 0. The monoisotopic (exact) mass is 349 g/mol. The van der Waals surface area contributed by atoms with Crippen molar-refractivity contribution in [1.29, 1.82) is 0 Å². The number of benzene rings is 1. The van der Waals surface area contributed by atoms with Gasteiger partial charge < -0.3 is 15.6 Å². The minimum Gasteiger partial charge on any atom is -0.383 e. The van der Waals surface area contributed by atoms with E-state index in [0.29, 0.717) is 16.8 Å². The van der Waals surface area contributed by atoms with Crippen LogP contribution in [0, 0.1) is 0 Å². The molecule has 1 amide bonds. The van der Waals surface area contributed by atoms with Crippen LogP contribution in [-0.2, 0) is 12.0 Å². The van der Waals surface area contributed by atoms with Gasteiger partial charge >= 0.3 is 0 Å². The average molecular weight is 349 g/mol. The van der Waals surface area contributed by atoms with E-state index in [4.69, 9.17) is 5.73 Å². The Kier molecular flexibility index (Phi) is 3.90. The summed E-state index contributed by atoms with van der Waals surface area (Å²) in [5.74, 6) is 0.143. The van der Waals surface area contributed by atoms with Gasteiger partial charge in [0, 0.05) is 17.4 Å². The number of carbonyl (C=O) groups is 1. The van der Waals surface area contributed by atoms with Crippen molar-refractivity contribution in [2.24, 2.45) is 0 Å². The molecule has 1 aliphatic carbocycles.